The van der Waals surface area contributed by atoms with Gasteiger partial charge in [0, 0.05) is 18.3 Å². The Bertz CT molecular complexity index is 584. The number of benzene rings is 1. The van der Waals surface area contributed by atoms with Gasteiger partial charge < -0.3 is 10.5 Å². The molecule has 1 aromatic rings. The van der Waals surface area contributed by atoms with Gasteiger partial charge in [-0.05, 0) is 32.4 Å². The number of carbonyl (C=O) groups excluding carboxylic acids is 1. The molecule has 0 amide bonds. The highest BCUT2D eigenvalue weighted by Crippen LogP contribution is 2.18. The Labute approximate surface area is 125 Å². The molecule has 21 heavy (non-hydrogen) atoms. The Morgan fingerprint density at radius 1 is 1.33 bits per heavy atom. The van der Waals surface area contributed by atoms with E-state index in [0.717, 1.165) is 0 Å². The highest BCUT2D eigenvalue weighted by atomic mass is 32.2. The van der Waals surface area contributed by atoms with Crippen molar-refractivity contribution in [3.05, 3.63) is 29.8 Å². The highest BCUT2D eigenvalue weighted by molar-refractivity contribution is 7.89. The predicted molar refractivity (Wildman–Crippen MR) is 82.0 cm³/mol. The summed E-state index contributed by atoms with van der Waals surface area (Å²) in [6, 6.07) is 6.77. The summed E-state index contributed by atoms with van der Waals surface area (Å²) in [5, 5.41) is 0. The first-order chi connectivity index (χ1) is 9.77. The average molecular weight is 314 g/mol. The van der Waals surface area contributed by atoms with Crippen LogP contribution in [-0.4, -0.2) is 37.1 Å². The fourth-order valence-corrected chi connectivity index (χ4v) is 3.41. The topological polar surface area (TPSA) is 89.7 Å². The Hall–Kier alpha value is -1.60. The molecular weight excluding hydrogens is 292 g/mol. The smallest absolute Gasteiger partial charge is 0.322 e. The molecule has 2 N–H and O–H groups in total. The van der Waals surface area contributed by atoms with Crippen molar-refractivity contribution in [2.75, 3.05) is 18.1 Å². The summed E-state index contributed by atoms with van der Waals surface area (Å²) < 4.78 is 30.7. The summed E-state index contributed by atoms with van der Waals surface area (Å²) in [5.41, 5.74) is 7.08. The minimum absolute atomic E-state index is 0.131. The van der Waals surface area contributed by atoms with Crippen molar-refractivity contribution in [1.29, 1.82) is 0 Å². The molecule has 0 saturated heterocycles. The number of hydrogen-bond donors (Lipinski definition) is 1. The summed E-state index contributed by atoms with van der Waals surface area (Å²) in [7, 11) is -3.75. The maximum Gasteiger partial charge on any atom is 0.322 e. The number of nitrogens with two attached hydrogens (primary N) is 1. The molecular formula is C14H22N2O4S. The zero-order chi connectivity index (χ0) is 16.0. The predicted octanol–water partition coefficient (Wildman–Crippen LogP) is 1.37. The first-order valence-electron chi connectivity index (χ1n) is 6.76. The molecule has 0 atom stereocenters. The zero-order valence-corrected chi connectivity index (χ0v) is 13.4. The SMILES string of the molecule is CCOC(=O)CS(=O)(=O)N(Cc1ccccc1N)C(C)C. The quantitative estimate of drug-likeness (QED) is 0.606. The molecule has 0 aromatic heterocycles. The van der Waals surface area contributed by atoms with Crippen molar-refractivity contribution in [3.8, 4) is 0 Å². The van der Waals surface area contributed by atoms with Crippen molar-refractivity contribution in [2.24, 2.45) is 0 Å². The summed E-state index contributed by atoms with van der Waals surface area (Å²) in [6.45, 7) is 5.42. The van der Waals surface area contributed by atoms with E-state index in [1.54, 1.807) is 45.0 Å². The molecule has 1 rings (SSSR count). The molecule has 7 heteroatoms. The van der Waals surface area contributed by atoms with E-state index in [-0.39, 0.29) is 19.2 Å². The van der Waals surface area contributed by atoms with Crippen LogP contribution in [0.25, 0.3) is 0 Å². The van der Waals surface area contributed by atoms with E-state index in [4.69, 9.17) is 10.5 Å². The van der Waals surface area contributed by atoms with Gasteiger partial charge in [-0.25, -0.2) is 8.42 Å². The van der Waals surface area contributed by atoms with Crippen LogP contribution in [0.1, 0.15) is 26.3 Å². The maximum absolute atomic E-state index is 12.4. The molecule has 0 aliphatic carbocycles. The number of sulfonamides is 1. The Morgan fingerprint density at radius 2 is 1.95 bits per heavy atom. The maximum atomic E-state index is 12.4. The Morgan fingerprint density at radius 3 is 2.48 bits per heavy atom. The number of carbonyl (C=O) groups is 1. The molecule has 0 spiro atoms. The van der Waals surface area contributed by atoms with Crippen LogP contribution in [-0.2, 0) is 26.1 Å². The van der Waals surface area contributed by atoms with Crippen LogP contribution in [0, 0.1) is 0 Å². The van der Waals surface area contributed by atoms with Gasteiger partial charge in [-0.15, -0.1) is 0 Å². The minimum Gasteiger partial charge on any atom is -0.465 e. The third kappa shape index (κ3) is 5.02. The summed E-state index contributed by atoms with van der Waals surface area (Å²) in [4.78, 5) is 11.5. The van der Waals surface area contributed by atoms with E-state index in [9.17, 15) is 13.2 Å². The molecule has 0 bridgehead atoms. The molecule has 0 radical (unpaired) electrons. The van der Waals surface area contributed by atoms with Crippen LogP contribution in [0.2, 0.25) is 0 Å². The molecule has 0 aliphatic rings. The number of para-hydroxylation sites is 1. The van der Waals surface area contributed by atoms with Gasteiger partial charge in [-0.3, -0.25) is 4.79 Å². The van der Waals surface area contributed by atoms with Crippen LogP contribution < -0.4 is 5.73 Å². The van der Waals surface area contributed by atoms with Gasteiger partial charge in [0.1, 0.15) is 0 Å². The zero-order valence-electron chi connectivity index (χ0n) is 12.6. The van der Waals surface area contributed by atoms with E-state index in [2.05, 4.69) is 0 Å². The molecule has 6 nitrogen and oxygen atoms in total. The fourth-order valence-electron chi connectivity index (χ4n) is 1.88. The molecule has 0 saturated carbocycles. The highest BCUT2D eigenvalue weighted by Gasteiger charge is 2.28. The molecule has 0 heterocycles. The minimum atomic E-state index is -3.75. The molecule has 0 aliphatic heterocycles. The van der Waals surface area contributed by atoms with E-state index < -0.39 is 21.7 Å². The number of nitrogen functional groups attached to an aromatic ring is 1. The van der Waals surface area contributed by atoms with Gasteiger partial charge in [-0.2, -0.15) is 4.31 Å². The second-order valence-electron chi connectivity index (χ2n) is 4.90. The summed E-state index contributed by atoms with van der Waals surface area (Å²) >= 11 is 0. The van der Waals surface area contributed by atoms with Crippen LogP contribution in [0.4, 0.5) is 5.69 Å². The van der Waals surface area contributed by atoms with Crippen molar-refractivity contribution in [2.45, 2.75) is 33.4 Å². The third-order valence-corrected chi connectivity index (χ3v) is 4.79. The van der Waals surface area contributed by atoms with Crippen LogP contribution >= 0.6 is 0 Å². The lowest BCUT2D eigenvalue weighted by Crippen LogP contribution is -2.40. The van der Waals surface area contributed by atoms with E-state index >= 15 is 0 Å². The number of ether oxygens (including phenoxy) is 1. The van der Waals surface area contributed by atoms with Gasteiger partial charge in [-0.1, -0.05) is 18.2 Å². The first-order valence-corrected chi connectivity index (χ1v) is 8.37. The van der Waals surface area contributed by atoms with Crippen LogP contribution in [0.5, 0.6) is 0 Å². The van der Waals surface area contributed by atoms with Crippen LogP contribution in [0.3, 0.4) is 0 Å². The number of anilines is 1. The summed E-state index contributed by atoms with van der Waals surface area (Å²) in [5.74, 6) is -1.41. The van der Waals surface area contributed by atoms with Gasteiger partial charge in [0.2, 0.25) is 10.0 Å². The Balaban J connectivity index is 2.96. The number of esters is 1. The second-order valence-corrected chi connectivity index (χ2v) is 6.82. The summed E-state index contributed by atoms with van der Waals surface area (Å²) in [6.07, 6.45) is 0. The van der Waals surface area contributed by atoms with Crippen LogP contribution in [0.15, 0.2) is 24.3 Å². The molecule has 1 aromatic carbocycles. The number of hydrogen-bond acceptors (Lipinski definition) is 5. The number of nitrogens with zero attached hydrogens (tertiary/aromatic N) is 1. The van der Waals surface area contributed by atoms with Gasteiger partial charge in [0.05, 0.1) is 6.61 Å². The van der Waals surface area contributed by atoms with Crippen molar-refractivity contribution in [3.63, 3.8) is 0 Å². The molecule has 0 unspecified atom stereocenters. The largest absolute Gasteiger partial charge is 0.465 e. The number of rotatable bonds is 7. The Kier molecular flexibility index (Phi) is 6.17. The van der Waals surface area contributed by atoms with Gasteiger partial charge in [0.25, 0.3) is 0 Å². The lowest BCUT2D eigenvalue weighted by atomic mass is 10.2. The van der Waals surface area contributed by atoms with Crippen molar-refractivity contribution >= 4 is 21.7 Å². The molecule has 118 valence electrons. The average Bonchev–Trinajstić information content (AvgIpc) is 2.36. The lowest BCUT2D eigenvalue weighted by molar-refractivity contribution is -0.140. The van der Waals surface area contributed by atoms with E-state index in [1.165, 1.54) is 4.31 Å². The van der Waals surface area contributed by atoms with Gasteiger partial charge >= 0.3 is 5.97 Å². The van der Waals surface area contributed by atoms with E-state index in [0.29, 0.717) is 11.3 Å². The van der Waals surface area contributed by atoms with Crippen molar-refractivity contribution in [1.82, 2.24) is 4.31 Å². The second kappa shape index (κ2) is 7.42. The third-order valence-electron chi connectivity index (χ3n) is 2.92. The fraction of sp³-hybridized carbons (Fsp3) is 0.500. The van der Waals surface area contributed by atoms with Gasteiger partial charge in [0.15, 0.2) is 5.75 Å². The normalized spacial score (nSPS) is 11.9. The van der Waals surface area contributed by atoms with Crippen molar-refractivity contribution < 1.29 is 17.9 Å². The van der Waals surface area contributed by atoms with E-state index in [1.807, 2.05) is 0 Å². The molecule has 0 fully saturated rings. The standard InChI is InChI=1S/C14H22N2O4S/c1-4-20-14(17)10-21(18,19)16(11(2)3)9-12-7-5-6-8-13(12)15/h5-8,11H,4,9-10,15H2,1-3H3. The first kappa shape index (κ1) is 17.5. The monoisotopic (exact) mass is 314 g/mol. The lowest BCUT2D eigenvalue weighted by Gasteiger charge is -2.26.